The molecule has 134 valence electrons. The number of methoxy groups -OCH3 is 2. The van der Waals surface area contributed by atoms with Crippen LogP contribution in [0.4, 0.5) is 14.9 Å². The zero-order chi connectivity index (χ0) is 18.2. The van der Waals surface area contributed by atoms with E-state index < -0.39 is 6.03 Å². The fourth-order valence-corrected chi connectivity index (χ4v) is 2.22. The summed E-state index contributed by atoms with van der Waals surface area (Å²) in [6.07, 6.45) is 0. The lowest BCUT2D eigenvalue weighted by Gasteiger charge is -2.14. The minimum Gasteiger partial charge on any atom is -0.495 e. The Hall–Kier alpha value is -2.67. The maximum Gasteiger partial charge on any atom is 0.319 e. The average molecular weight is 369 g/mol. The molecule has 2 aromatic carbocycles. The molecule has 0 saturated carbocycles. The standard InChI is InChI=1S/C17H18ClFN2O4/c1-23-15-10-14(16(24-2)9-13(15)18)21-17(22)20-7-8-25-12-5-3-11(19)4-6-12/h3-6,9-10H,7-8H2,1-2H3,(H2,20,21,22). The smallest absolute Gasteiger partial charge is 0.319 e. The van der Waals surface area contributed by atoms with Crippen LogP contribution >= 0.6 is 11.6 Å². The minimum absolute atomic E-state index is 0.236. The van der Waals surface area contributed by atoms with E-state index in [-0.39, 0.29) is 19.0 Å². The quantitative estimate of drug-likeness (QED) is 0.731. The number of hydrogen-bond donors (Lipinski definition) is 2. The van der Waals surface area contributed by atoms with Crippen LogP contribution in [0.3, 0.4) is 0 Å². The molecule has 25 heavy (non-hydrogen) atoms. The van der Waals surface area contributed by atoms with Crippen molar-refractivity contribution in [3.05, 3.63) is 47.2 Å². The molecule has 6 nitrogen and oxygen atoms in total. The predicted molar refractivity (Wildman–Crippen MR) is 93.5 cm³/mol. The van der Waals surface area contributed by atoms with E-state index in [0.717, 1.165) is 0 Å². The first kappa shape index (κ1) is 18.7. The first-order valence-electron chi connectivity index (χ1n) is 7.38. The Kier molecular flexibility index (Phi) is 6.71. The third-order valence-electron chi connectivity index (χ3n) is 3.19. The second-order valence-electron chi connectivity index (χ2n) is 4.87. The first-order valence-corrected chi connectivity index (χ1v) is 7.76. The number of carbonyl (C=O) groups excluding carboxylic acids is 1. The third kappa shape index (κ3) is 5.42. The maximum absolute atomic E-state index is 12.8. The summed E-state index contributed by atoms with van der Waals surface area (Å²) in [5.41, 5.74) is 0.417. The molecule has 2 aromatic rings. The third-order valence-corrected chi connectivity index (χ3v) is 3.49. The topological polar surface area (TPSA) is 68.8 Å². The number of amides is 2. The molecule has 0 aliphatic rings. The van der Waals surface area contributed by atoms with E-state index in [1.807, 2.05) is 0 Å². The summed E-state index contributed by atoms with van der Waals surface area (Å²) in [7, 11) is 2.95. The monoisotopic (exact) mass is 368 g/mol. The van der Waals surface area contributed by atoms with Crippen molar-refractivity contribution in [2.24, 2.45) is 0 Å². The summed E-state index contributed by atoms with van der Waals surface area (Å²) >= 11 is 6.01. The van der Waals surface area contributed by atoms with Crippen molar-refractivity contribution < 1.29 is 23.4 Å². The molecule has 2 N–H and O–H groups in total. The van der Waals surface area contributed by atoms with Gasteiger partial charge in [0.1, 0.15) is 29.7 Å². The van der Waals surface area contributed by atoms with Gasteiger partial charge in [0.2, 0.25) is 0 Å². The number of anilines is 1. The largest absolute Gasteiger partial charge is 0.495 e. The molecule has 2 amide bonds. The molecule has 0 unspecified atom stereocenters. The van der Waals surface area contributed by atoms with E-state index in [4.69, 9.17) is 25.8 Å². The van der Waals surface area contributed by atoms with Gasteiger partial charge < -0.3 is 24.8 Å². The van der Waals surface area contributed by atoms with Gasteiger partial charge in [-0.1, -0.05) is 11.6 Å². The number of hydrogen-bond acceptors (Lipinski definition) is 4. The van der Waals surface area contributed by atoms with Gasteiger partial charge in [0.25, 0.3) is 0 Å². The van der Waals surface area contributed by atoms with E-state index >= 15 is 0 Å². The summed E-state index contributed by atoms with van der Waals surface area (Å²) in [4.78, 5) is 12.0. The van der Waals surface area contributed by atoms with Gasteiger partial charge in [0.15, 0.2) is 0 Å². The molecule has 8 heteroatoms. The van der Waals surface area contributed by atoms with Crippen LogP contribution in [0, 0.1) is 5.82 Å². The Bertz CT molecular complexity index is 725. The Morgan fingerprint density at radius 1 is 1.12 bits per heavy atom. The second kappa shape index (κ2) is 8.98. The lowest BCUT2D eigenvalue weighted by Crippen LogP contribution is -2.32. The predicted octanol–water partition coefficient (Wildman–Crippen LogP) is 3.70. The van der Waals surface area contributed by atoms with Crippen molar-refractivity contribution in [1.82, 2.24) is 5.32 Å². The minimum atomic E-state index is -0.439. The highest BCUT2D eigenvalue weighted by atomic mass is 35.5. The Balaban J connectivity index is 1.84. The number of halogens is 2. The van der Waals surface area contributed by atoms with Crippen LogP contribution in [0.25, 0.3) is 0 Å². The van der Waals surface area contributed by atoms with Crippen molar-refractivity contribution >= 4 is 23.3 Å². The molecular weight excluding hydrogens is 351 g/mol. The molecule has 0 aliphatic carbocycles. The number of carbonyl (C=O) groups is 1. The molecule has 2 rings (SSSR count). The number of urea groups is 1. The number of benzene rings is 2. The van der Waals surface area contributed by atoms with Crippen LogP contribution in [0.15, 0.2) is 36.4 Å². The van der Waals surface area contributed by atoms with Gasteiger partial charge in [-0.3, -0.25) is 0 Å². The average Bonchev–Trinajstić information content (AvgIpc) is 2.61. The van der Waals surface area contributed by atoms with Crippen LogP contribution in [0.1, 0.15) is 0 Å². The van der Waals surface area contributed by atoms with E-state index in [1.54, 1.807) is 12.1 Å². The zero-order valence-corrected chi connectivity index (χ0v) is 14.5. The zero-order valence-electron chi connectivity index (χ0n) is 13.8. The molecule has 0 saturated heterocycles. The molecule has 0 aliphatic heterocycles. The first-order chi connectivity index (χ1) is 12.0. The van der Waals surface area contributed by atoms with Gasteiger partial charge in [-0.15, -0.1) is 0 Å². The van der Waals surface area contributed by atoms with Gasteiger partial charge in [0, 0.05) is 12.1 Å². The van der Waals surface area contributed by atoms with Gasteiger partial charge in [0.05, 0.1) is 31.5 Å². The normalized spacial score (nSPS) is 10.1. The van der Waals surface area contributed by atoms with Gasteiger partial charge >= 0.3 is 6.03 Å². The molecule has 0 radical (unpaired) electrons. The summed E-state index contributed by atoms with van der Waals surface area (Å²) in [6, 6.07) is 8.31. The lowest BCUT2D eigenvalue weighted by atomic mass is 10.2. The molecule has 0 bridgehead atoms. The van der Waals surface area contributed by atoms with Gasteiger partial charge in [-0.05, 0) is 24.3 Å². The van der Waals surface area contributed by atoms with E-state index in [0.29, 0.717) is 28.0 Å². The summed E-state index contributed by atoms with van der Waals surface area (Å²) in [6.45, 7) is 0.496. The lowest BCUT2D eigenvalue weighted by molar-refractivity contribution is 0.247. The second-order valence-corrected chi connectivity index (χ2v) is 5.28. The summed E-state index contributed by atoms with van der Waals surface area (Å²) < 4.78 is 28.5. The highest BCUT2D eigenvalue weighted by Crippen LogP contribution is 2.35. The highest BCUT2D eigenvalue weighted by Gasteiger charge is 2.12. The SMILES string of the molecule is COc1cc(NC(=O)NCCOc2ccc(F)cc2)c(OC)cc1Cl. The van der Waals surface area contributed by atoms with Crippen LogP contribution < -0.4 is 24.8 Å². The van der Waals surface area contributed by atoms with Gasteiger partial charge in [-0.25, -0.2) is 9.18 Å². The Morgan fingerprint density at radius 3 is 2.44 bits per heavy atom. The summed E-state index contributed by atoms with van der Waals surface area (Å²) in [5.74, 6) is 1.01. The van der Waals surface area contributed by atoms with Crippen molar-refractivity contribution in [2.45, 2.75) is 0 Å². The van der Waals surface area contributed by atoms with Crippen LogP contribution in [-0.4, -0.2) is 33.4 Å². The summed E-state index contributed by atoms with van der Waals surface area (Å²) in [5, 5.41) is 5.66. The van der Waals surface area contributed by atoms with Crippen LogP contribution in [0.5, 0.6) is 17.2 Å². The number of rotatable bonds is 7. The van der Waals surface area contributed by atoms with E-state index in [1.165, 1.54) is 38.5 Å². The molecular formula is C17H18ClFN2O4. The van der Waals surface area contributed by atoms with Crippen LogP contribution in [-0.2, 0) is 0 Å². The highest BCUT2D eigenvalue weighted by molar-refractivity contribution is 6.32. The maximum atomic E-state index is 12.8. The fourth-order valence-electron chi connectivity index (χ4n) is 1.99. The Labute approximate surface area is 149 Å². The van der Waals surface area contributed by atoms with Crippen molar-refractivity contribution in [3.63, 3.8) is 0 Å². The molecule has 0 aromatic heterocycles. The molecule has 0 spiro atoms. The molecule has 0 atom stereocenters. The molecule has 0 heterocycles. The van der Waals surface area contributed by atoms with Crippen molar-refractivity contribution in [1.29, 1.82) is 0 Å². The number of ether oxygens (including phenoxy) is 3. The number of nitrogens with one attached hydrogen (secondary N) is 2. The van der Waals surface area contributed by atoms with Crippen LogP contribution in [0.2, 0.25) is 5.02 Å². The fraction of sp³-hybridized carbons (Fsp3) is 0.235. The van der Waals surface area contributed by atoms with Gasteiger partial charge in [-0.2, -0.15) is 0 Å². The Morgan fingerprint density at radius 2 is 1.80 bits per heavy atom. The van der Waals surface area contributed by atoms with E-state index in [2.05, 4.69) is 10.6 Å². The van der Waals surface area contributed by atoms with E-state index in [9.17, 15) is 9.18 Å². The van der Waals surface area contributed by atoms with Crippen molar-refractivity contribution in [3.8, 4) is 17.2 Å². The van der Waals surface area contributed by atoms with Crippen molar-refractivity contribution in [2.75, 3.05) is 32.7 Å². The molecule has 0 fully saturated rings.